The summed E-state index contributed by atoms with van der Waals surface area (Å²) in [7, 11) is 0. The average Bonchev–Trinajstić information content (AvgIpc) is 3.04. The third kappa shape index (κ3) is 2.85. The molecule has 1 aliphatic rings. The molecule has 0 aliphatic carbocycles. The van der Waals surface area contributed by atoms with Crippen molar-refractivity contribution in [1.82, 2.24) is 19.7 Å². The fourth-order valence-corrected chi connectivity index (χ4v) is 3.72. The van der Waals surface area contributed by atoms with Gasteiger partial charge in [0.05, 0.1) is 22.9 Å². The molecule has 2 aromatic rings. The van der Waals surface area contributed by atoms with Gasteiger partial charge < -0.3 is 4.90 Å². The van der Waals surface area contributed by atoms with E-state index in [1.54, 1.807) is 6.20 Å². The molecule has 0 aromatic carbocycles. The lowest BCUT2D eigenvalue weighted by atomic mass is 10.1. The van der Waals surface area contributed by atoms with Crippen LogP contribution in [0.2, 0.25) is 0 Å². The van der Waals surface area contributed by atoms with E-state index >= 15 is 0 Å². The summed E-state index contributed by atoms with van der Waals surface area (Å²) in [5, 5.41) is 5.51. The largest absolute Gasteiger partial charge is 0.336 e. The Hall–Kier alpha value is -1.69. The van der Waals surface area contributed by atoms with Crippen LogP contribution in [-0.2, 0) is 0 Å². The molecular formula is C15H20N4OS. The van der Waals surface area contributed by atoms with Gasteiger partial charge in [-0.25, -0.2) is 4.98 Å². The molecule has 1 fully saturated rings. The second-order valence-electron chi connectivity index (χ2n) is 5.66. The molecule has 21 heavy (non-hydrogen) atoms. The van der Waals surface area contributed by atoms with Crippen molar-refractivity contribution in [2.24, 2.45) is 0 Å². The second kappa shape index (κ2) is 5.60. The highest BCUT2D eigenvalue weighted by molar-refractivity contribution is 7.13. The second-order valence-corrected chi connectivity index (χ2v) is 6.90. The Morgan fingerprint density at radius 3 is 2.81 bits per heavy atom. The van der Waals surface area contributed by atoms with Gasteiger partial charge in [-0.15, -0.1) is 11.3 Å². The number of aromatic nitrogens is 3. The summed E-state index contributed by atoms with van der Waals surface area (Å²) < 4.78 is 2.08. The molecule has 0 spiro atoms. The van der Waals surface area contributed by atoms with Crippen molar-refractivity contribution in [1.29, 1.82) is 0 Å². The minimum atomic E-state index is 0.104. The van der Waals surface area contributed by atoms with Gasteiger partial charge in [0, 0.05) is 18.8 Å². The van der Waals surface area contributed by atoms with Gasteiger partial charge in [0.2, 0.25) is 0 Å². The Bertz CT molecular complexity index is 660. The van der Waals surface area contributed by atoms with E-state index in [2.05, 4.69) is 27.8 Å². The SMILES string of the molecule is Cc1cc(C)n([C@H]2CCCN(C(=O)c3cnc(C)s3)C2)n1. The highest BCUT2D eigenvalue weighted by Gasteiger charge is 2.27. The highest BCUT2D eigenvalue weighted by atomic mass is 32.1. The van der Waals surface area contributed by atoms with E-state index in [4.69, 9.17) is 0 Å². The van der Waals surface area contributed by atoms with Gasteiger partial charge in [-0.3, -0.25) is 9.48 Å². The van der Waals surface area contributed by atoms with Crippen molar-refractivity contribution >= 4 is 17.2 Å². The molecule has 1 amide bonds. The number of aryl methyl sites for hydroxylation is 3. The van der Waals surface area contributed by atoms with Crippen molar-refractivity contribution in [2.75, 3.05) is 13.1 Å². The summed E-state index contributed by atoms with van der Waals surface area (Å²) in [6, 6.07) is 2.37. The molecular weight excluding hydrogens is 284 g/mol. The Balaban J connectivity index is 1.77. The van der Waals surface area contributed by atoms with Crippen LogP contribution >= 0.6 is 11.3 Å². The van der Waals surface area contributed by atoms with Gasteiger partial charge in [-0.05, 0) is 39.7 Å². The predicted octanol–water partition coefficient (Wildman–Crippen LogP) is 2.74. The van der Waals surface area contributed by atoms with Gasteiger partial charge in [0.25, 0.3) is 5.91 Å². The van der Waals surface area contributed by atoms with Gasteiger partial charge in [-0.2, -0.15) is 5.10 Å². The molecule has 0 unspecified atom stereocenters. The number of carbonyl (C=O) groups excluding carboxylic acids is 1. The first kappa shape index (κ1) is 14.3. The fraction of sp³-hybridized carbons (Fsp3) is 0.533. The first-order valence-electron chi connectivity index (χ1n) is 7.29. The number of hydrogen-bond acceptors (Lipinski definition) is 4. The topological polar surface area (TPSA) is 51.0 Å². The van der Waals surface area contributed by atoms with Gasteiger partial charge in [0.1, 0.15) is 4.88 Å². The van der Waals surface area contributed by atoms with Crippen molar-refractivity contribution in [3.05, 3.63) is 33.5 Å². The molecule has 3 heterocycles. The minimum absolute atomic E-state index is 0.104. The minimum Gasteiger partial charge on any atom is -0.336 e. The lowest BCUT2D eigenvalue weighted by Crippen LogP contribution is -2.40. The third-order valence-electron chi connectivity index (χ3n) is 3.91. The van der Waals surface area contributed by atoms with E-state index in [1.807, 2.05) is 18.7 Å². The Labute approximate surface area is 128 Å². The van der Waals surface area contributed by atoms with Crippen LogP contribution in [-0.4, -0.2) is 38.7 Å². The maximum atomic E-state index is 12.5. The van der Waals surface area contributed by atoms with Crippen LogP contribution in [0.5, 0.6) is 0 Å². The maximum absolute atomic E-state index is 12.5. The van der Waals surface area contributed by atoms with Crippen LogP contribution in [0.3, 0.4) is 0 Å². The number of piperidine rings is 1. The normalized spacial score (nSPS) is 19.0. The molecule has 0 radical (unpaired) electrons. The molecule has 6 heteroatoms. The van der Waals surface area contributed by atoms with Crippen LogP contribution in [0.15, 0.2) is 12.3 Å². The van der Waals surface area contributed by atoms with Crippen molar-refractivity contribution in [3.8, 4) is 0 Å². The molecule has 1 aliphatic heterocycles. The van der Waals surface area contributed by atoms with Gasteiger partial charge in [0.15, 0.2) is 0 Å². The monoisotopic (exact) mass is 304 g/mol. The molecule has 1 atom stereocenters. The number of amides is 1. The molecule has 112 valence electrons. The average molecular weight is 304 g/mol. The van der Waals surface area contributed by atoms with E-state index < -0.39 is 0 Å². The van der Waals surface area contributed by atoms with E-state index in [1.165, 1.54) is 17.0 Å². The summed E-state index contributed by atoms with van der Waals surface area (Å²) >= 11 is 1.47. The van der Waals surface area contributed by atoms with E-state index in [0.717, 1.165) is 41.5 Å². The molecule has 2 aromatic heterocycles. The zero-order valence-electron chi connectivity index (χ0n) is 12.7. The maximum Gasteiger partial charge on any atom is 0.265 e. The predicted molar refractivity (Wildman–Crippen MR) is 82.7 cm³/mol. The molecule has 3 rings (SSSR count). The standard InChI is InChI=1S/C15H20N4OS/c1-10-7-11(2)19(17-10)13-5-4-6-18(9-13)15(20)14-8-16-12(3)21-14/h7-8,13H,4-6,9H2,1-3H3/t13-/m0/s1. The van der Waals surface area contributed by atoms with Crippen molar-refractivity contribution in [2.45, 2.75) is 39.7 Å². The zero-order valence-corrected chi connectivity index (χ0v) is 13.5. The van der Waals surface area contributed by atoms with Gasteiger partial charge in [-0.1, -0.05) is 0 Å². The number of rotatable bonds is 2. The number of thiazole rings is 1. The van der Waals surface area contributed by atoms with Crippen LogP contribution in [0.1, 0.15) is 45.0 Å². The molecule has 0 saturated carbocycles. The van der Waals surface area contributed by atoms with Gasteiger partial charge >= 0.3 is 0 Å². The smallest absolute Gasteiger partial charge is 0.265 e. The zero-order chi connectivity index (χ0) is 15.0. The van der Waals surface area contributed by atoms with E-state index in [9.17, 15) is 4.79 Å². The molecule has 0 bridgehead atoms. The number of likely N-dealkylation sites (tertiary alicyclic amines) is 1. The third-order valence-corrected chi connectivity index (χ3v) is 4.81. The van der Waals surface area contributed by atoms with Crippen molar-refractivity contribution < 1.29 is 4.79 Å². The molecule has 0 N–H and O–H groups in total. The molecule has 1 saturated heterocycles. The van der Waals surface area contributed by atoms with E-state index in [-0.39, 0.29) is 11.9 Å². The Morgan fingerprint density at radius 1 is 1.38 bits per heavy atom. The van der Waals surface area contributed by atoms with Crippen LogP contribution in [0.25, 0.3) is 0 Å². The summed E-state index contributed by atoms with van der Waals surface area (Å²) in [5.41, 5.74) is 2.20. The number of hydrogen-bond donors (Lipinski definition) is 0. The quantitative estimate of drug-likeness (QED) is 0.857. The Morgan fingerprint density at radius 2 is 2.19 bits per heavy atom. The molecule has 5 nitrogen and oxygen atoms in total. The lowest BCUT2D eigenvalue weighted by Gasteiger charge is -2.33. The number of nitrogens with zero attached hydrogens (tertiary/aromatic N) is 4. The lowest BCUT2D eigenvalue weighted by molar-refractivity contribution is 0.0676. The van der Waals surface area contributed by atoms with Crippen LogP contribution < -0.4 is 0 Å². The van der Waals surface area contributed by atoms with E-state index in [0.29, 0.717) is 0 Å². The summed E-state index contributed by atoms with van der Waals surface area (Å²) in [6.45, 7) is 7.57. The van der Waals surface area contributed by atoms with Crippen LogP contribution in [0.4, 0.5) is 0 Å². The summed E-state index contributed by atoms with van der Waals surface area (Å²) in [5.74, 6) is 0.104. The summed E-state index contributed by atoms with van der Waals surface area (Å²) in [6.07, 6.45) is 3.79. The first-order chi connectivity index (χ1) is 10.0. The summed E-state index contributed by atoms with van der Waals surface area (Å²) in [4.78, 5) is 19.4. The fourth-order valence-electron chi connectivity index (χ4n) is 2.97. The number of carbonyl (C=O) groups is 1. The highest BCUT2D eigenvalue weighted by Crippen LogP contribution is 2.25. The van der Waals surface area contributed by atoms with Crippen LogP contribution in [0, 0.1) is 20.8 Å². The Kier molecular flexibility index (Phi) is 3.80. The first-order valence-corrected chi connectivity index (χ1v) is 8.10. The van der Waals surface area contributed by atoms with Crippen molar-refractivity contribution in [3.63, 3.8) is 0 Å².